The van der Waals surface area contributed by atoms with Crippen molar-refractivity contribution in [2.75, 3.05) is 11.4 Å². The monoisotopic (exact) mass is 281 g/mol. The number of anilines is 1. The number of nitro groups is 1. The highest BCUT2D eigenvalue weighted by Crippen LogP contribution is 2.26. The molecule has 0 aliphatic carbocycles. The van der Waals surface area contributed by atoms with Crippen LogP contribution in [-0.2, 0) is 4.79 Å². The number of non-ortho nitro benzene ring substituents is 1. The number of carbonyl (C=O) groups is 2. The lowest BCUT2D eigenvalue weighted by atomic mass is 10.1. The summed E-state index contributed by atoms with van der Waals surface area (Å²) in [4.78, 5) is 33.8. The molecule has 0 aliphatic rings. The lowest BCUT2D eigenvalue weighted by molar-refractivity contribution is -0.384. The molecule has 0 spiro atoms. The van der Waals surface area contributed by atoms with Gasteiger partial charge in [0.05, 0.1) is 16.2 Å². The second kappa shape index (κ2) is 6.00. The fourth-order valence-electron chi connectivity index (χ4n) is 1.78. The molecule has 0 atom stereocenters. The number of carboxylic acids is 1. The predicted molar refractivity (Wildman–Crippen MR) is 71.7 cm³/mol. The van der Waals surface area contributed by atoms with Crippen molar-refractivity contribution in [3.63, 3.8) is 0 Å². The molecule has 1 aromatic rings. The number of aliphatic carboxylic acids is 1. The number of hydrogen-bond acceptors (Lipinski definition) is 5. The number of rotatable bonds is 6. The molecular formula is C12H15N3O5. The molecule has 20 heavy (non-hydrogen) atoms. The third kappa shape index (κ3) is 3.44. The van der Waals surface area contributed by atoms with E-state index in [9.17, 15) is 19.7 Å². The van der Waals surface area contributed by atoms with Gasteiger partial charge in [-0.25, -0.2) is 0 Å². The summed E-state index contributed by atoms with van der Waals surface area (Å²) < 4.78 is 0. The van der Waals surface area contributed by atoms with Crippen LogP contribution in [0.1, 0.15) is 24.2 Å². The molecule has 0 heterocycles. The number of carbonyl (C=O) groups excluding carboxylic acids is 1. The molecule has 0 saturated carbocycles. The van der Waals surface area contributed by atoms with Crippen molar-refractivity contribution in [3.05, 3.63) is 33.9 Å². The Morgan fingerprint density at radius 1 is 1.45 bits per heavy atom. The van der Waals surface area contributed by atoms with Gasteiger partial charge >= 0.3 is 5.97 Å². The number of primary amides is 1. The van der Waals surface area contributed by atoms with E-state index < -0.39 is 16.8 Å². The Morgan fingerprint density at radius 3 is 2.45 bits per heavy atom. The standard InChI is InChI=1S/C12H15N3O5/c1-7(2)14(6-11(16)17)10-4-3-8(15(19)20)5-9(10)12(13)18/h3-5,7H,6H2,1-2H3,(H2,13,18)(H,16,17). The predicted octanol–water partition coefficient (Wildman–Crippen LogP) is 0.993. The molecule has 1 amide bonds. The Balaban J connectivity index is 3.37. The van der Waals surface area contributed by atoms with Gasteiger partial charge in [-0.15, -0.1) is 0 Å². The third-order valence-corrected chi connectivity index (χ3v) is 2.69. The van der Waals surface area contributed by atoms with Gasteiger partial charge in [0.15, 0.2) is 0 Å². The van der Waals surface area contributed by atoms with Crippen LogP contribution in [0.5, 0.6) is 0 Å². The maximum absolute atomic E-state index is 11.4. The van der Waals surface area contributed by atoms with Gasteiger partial charge in [-0.1, -0.05) is 0 Å². The quantitative estimate of drug-likeness (QED) is 0.591. The topological polar surface area (TPSA) is 127 Å². The van der Waals surface area contributed by atoms with E-state index in [1.807, 2.05) is 0 Å². The maximum atomic E-state index is 11.4. The highest BCUT2D eigenvalue weighted by molar-refractivity contribution is 6.00. The SMILES string of the molecule is CC(C)N(CC(=O)O)c1ccc([N+](=O)[O-])cc1C(N)=O. The molecule has 0 bridgehead atoms. The van der Waals surface area contributed by atoms with E-state index in [0.29, 0.717) is 0 Å². The molecule has 0 radical (unpaired) electrons. The minimum Gasteiger partial charge on any atom is -0.480 e. The summed E-state index contributed by atoms with van der Waals surface area (Å²) in [5, 5.41) is 19.6. The van der Waals surface area contributed by atoms with Gasteiger partial charge in [-0.2, -0.15) is 0 Å². The number of amides is 1. The molecule has 1 rings (SSSR count). The normalized spacial score (nSPS) is 10.3. The summed E-state index contributed by atoms with van der Waals surface area (Å²) in [5.74, 6) is -1.92. The highest BCUT2D eigenvalue weighted by Gasteiger charge is 2.22. The molecule has 8 nitrogen and oxygen atoms in total. The minimum absolute atomic E-state index is 0.0749. The van der Waals surface area contributed by atoms with Crippen LogP contribution >= 0.6 is 0 Å². The average molecular weight is 281 g/mol. The Hall–Kier alpha value is -2.64. The van der Waals surface area contributed by atoms with Crippen LogP contribution in [0.15, 0.2) is 18.2 Å². The molecule has 0 fully saturated rings. The minimum atomic E-state index is -1.08. The molecule has 108 valence electrons. The van der Waals surface area contributed by atoms with Crippen molar-refractivity contribution in [2.24, 2.45) is 5.73 Å². The largest absolute Gasteiger partial charge is 0.480 e. The molecule has 0 aromatic heterocycles. The van der Waals surface area contributed by atoms with Gasteiger partial charge < -0.3 is 15.7 Å². The molecule has 1 aromatic carbocycles. The summed E-state index contributed by atoms with van der Waals surface area (Å²) >= 11 is 0. The van der Waals surface area contributed by atoms with Crippen LogP contribution < -0.4 is 10.6 Å². The Labute approximate surface area is 114 Å². The van der Waals surface area contributed by atoms with Gasteiger partial charge in [0.25, 0.3) is 11.6 Å². The van der Waals surface area contributed by atoms with Crippen LogP contribution in [0.3, 0.4) is 0 Å². The van der Waals surface area contributed by atoms with E-state index in [1.165, 1.54) is 17.0 Å². The number of carboxylic acid groups (broad SMARTS) is 1. The maximum Gasteiger partial charge on any atom is 0.323 e. The van der Waals surface area contributed by atoms with E-state index in [0.717, 1.165) is 6.07 Å². The summed E-state index contributed by atoms with van der Waals surface area (Å²) in [6.45, 7) is 3.15. The van der Waals surface area contributed by atoms with Gasteiger partial charge in [0.1, 0.15) is 6.54 Å². The van der Waals surface area contributed by atoms with Crippen LogP contribution in [-0.4, -0.2) is 34.5 Å². The fraction of sp³-hybridized carbons (Fsp3) is 0.333. The van der Waals surface area contributed by atoms with Gasteiger partial charge in [0.2, 0.25) is 0 Å². The van der Waals surface area contributed by atoms with Crippen LogP contribution in [0.2, 0.25) is 0 Å². The van der Waals surface area contributed by atoms with Crippen molar-refractivity contribution in [2.45, 2.75) is 19.9 Å². The van der Waals surface area contributed by atoms with Crippen LogP contribution in [0, 0.1) is 10.1 Å². The zero-order valence-electron chi connectivity index (χ0n) is 11.1. The highest BCUT2D eigenvalue weighted by atomic mass is 16.6. The first kappa shape index (κ1) is 15.4. The Morgan fingerprint density at radius 2 is 2.05 bits per heavy atom. The first-order chi connectivity index (χ1) is 9.23. The molecule has 0 saturated heterocycles. The molecule has 8 heteroatoms. The van der Waals surface area contributed by atoms with Crippen molar-refractivity contribution in [3.8, 4) is 0 Å². The second-order valence-corrected chi connectivity index (χ2v) is 4.44. The average Bonchev–Trinajstić information content (AvgIpc) is 2.34. The smallest absolute Gasteiger partial charge is 0.323 e. The summed E-state index contributed by atoms with van der Waals surface area (Å²) in [7, 11) is 0. The van der Waals surface area contributed by atoms with Crippen molar-refractivity contribution < 1.29 is 19.6 Å². The number of nitrogens with zero attached hydrogens (tertiary/aromatic N) is 2. The number of nitrogens with two attached hydrogens (primary N) is 1. The molecule has 3 N–H and O–H groups in total. The van der Waals surface area contributed by atoms with E-state index in [4.69, 9.17) is 10.8 Å². The lowest BCUT2D eigenvalue weighted by Gasteiger charge is -2.28. The van der Waals surface area contributed by atoms with Crippen molar-refractivity contribution in [1.82, 2.24) is 0 Å². The first-order valence-electron chi connectivity index (χ1n) is 5.80. The van der Waals surface area contributed by atoms with Crippen molar-refractivity contribution >= 4 is 23.3 Å². The number of benzene rings is 1. The fourth-order valence-corrected chi connectivity index (χ4v) is 1.78. The van der Waals surface area contributed by atoms with E-state index >= 15 is 0 Å². The van der Waals surface area contributed by atoms with E-state index in [1.54, 1.807) is 13.8 Å². The Bertz CT molecular complexity index is 556. The zero-order chi connectivity index (χ0) is 15.4. The number of hydrogen-bond donors (Lipinski definition) is 2. The summed E-state index contributed by atoms with van der Waals surface area (Å²) in [6.07, 6.45) is 0. The summed E-state index contributed by atoms with van der Waals surface area (Å²) in [5.41, 5.74) is 5.13. The first-order valence-corrected chi connectivity index (χ1v) is 5.80. The van der Waals surface area contributed by atoms with E-state index in [2.05, 4.69) is 0 Å². The van der Waals surface area contributed by atoms with Crippen molar-refractivity contribution in [1.29, 1.82) is 0 Å². The van der Waals surface area contributed by atoms with E-state index in [-0.39, 0.29) is 29.5 Å². The molecule has 0 aliphatic heterocycles. The zero-order valence-corrected chi connectivity index (χ0v) is 11.1. The lowest BCUT2D eigenvalue weighted by Crippen LogP contribution is -2.37. The second-order valence-electron chi connectivity index (χ2n) is 4.44. The van der Waals surface area contributed by atoms with Crippen LogP contribution in [0.4, 0.5) is 11.4 Å². The number of nitro benzene ring substituents is 1. The van der Waals surface area contributed by atoms with Gasteiger partial charge in [0, 0.05) is 18.2 Å². The van der Waals surface area contributed by atoms with Gasteiger partial charge in [-0.05, 0) is 19.9 Å². The Kier molecular flexibility index (Phi) is 4.63. The van der Waals surface area contributed by atoms with Gasteiger partial charge in [-0.3, -0.25) is 19.7 Å². The molecular weight excluding hydrogens is 266 g/mol. The van der Waals surface area contributed by atoms with Crippen LogP contribution in [0.25, 0.3) is 0 Å². The third-order valence-electron chi connectivity index (χ3n) is 2.69. The summed E-state index contributed by atoms with van der Waals surface area (Å²) in [6, 6.07) is 3.38. The molecule has 0 unspecified atom stereocenters.